The first-order chi connectivity index (χ1) is 16.4. The van der Waals surface area contributed by atoms with Crippen molar-refractivity contribution in [3.63, 3.8) is 0 Å². The van der Waals surface area contributed by atoms with Crippen LogP contribution in [-0.4, -0.2) is 23.1 Å². The third-order valence-electron chi connectivity index (χ3n) is 8.37. The topological polar surface area (TPSA) is 59.4 Å². The van der Waals surface area contributed by atoms with Crippen molar-refractivity contribution >= 4 is 23.5 Å². The molecule has 0 unspecified atom stereocenters. The summed E-state index contributed by atoms with van der Waals surface area (Å²) in [4.78, 5) is 17.7. The van der Waals surface area contributed by atoms with Gasteiger partial charge in [0.05, 0.1) is 29.1 Å². The summed E-state index contributed by atoms with van der Waals surface area (Å²) < 4.78 is 6.87. The van der Waals surface area contributed by atoms with Crippen LogP contribution in [0.2, 0.25) is 5.02 Å². The van der Waals surface area contributed by atoms with E-state index in [0.717, 1.165) is 29.1 Å². The molecular formula is C28H30ClN3O2. The fourth-order valence-electron chi connectivity index (χ4n) is 7.19. The molecule has 7 rings (SSSR count). The number of nitrogens with one attached hydrogen (secondary N) is 1. The average Bonchev–Trinajstić information content (AvgIpc) is 3.11. The number of H-pyrrole nitrogens is 1. The number of methoxy groups -OCH3 is 1. The Balaban J connectivity index is 1.27. The van der Waals surface area contributed by atoms with Crippen LogP contribution in [0.4, 0.5) is 5.69 Å². The number of aromatic nitrogens is 2. The molecule has 0 saturated heterocycles. The number of aryl methyl sites for hydroxylation is 1. The molecule has 0 amide bonds. The number of benzene rings is 2. The van der Waals surface area contributed by atoms with Crippen molar-refractivity contribution in [2.75, 3.05) is 7.11 Å². The standard InChI is InChI=1S/C28H30ClN3O2/c1-17-24(16-30-22-5-8-25(29)26(12-22)34-2)27(33)32(31-17)23-6-3-21(4-7-23)28-13-18-9-19(14-28)11-20(10-18)15-28/h3-8,12,16,18-20,31H,9-11,13-15H2,1-2H3. The molecule has 1 heterocycles. The van der Waals surface area contributed by atoms with Crippen LogP contribution in [-0.2, 0) is 5.41 Å². The minimum absolute atomic E-state index is 0.107. The van der Waals surface area contributed by atoms with Crippen LogP contribution in [0.1, 0.15) is 55.3 Å². The van der Waals surface area contributed by atoms with Crippen LogP contribution < -0.4 is 10.3 Å². The molecule has 3 aromatic rings. The van der Waals surface area contributed by atoms with E-state index < -0.39 is 0 Å². The highest BCUT2D eigenvalue weighted by Gasteiger charge is 2.51. The van der Waals surface area contributed by atoms with Crippen molar-refractivity contribution in [1.82, 2.24) is 9.78 Å². The zero-order chi connectivity index (χ0) is 23.4. The number of aromatic amines is 1. The van der Waals surface area contributed by atoms with E-state index in [1.807, 2.05) is 6.92 Å². The largest absolute Gasteiger partial charge is 0.495 e. The van der Waals surface area contributed by atoms with Gasteiger partial charge in [0.15, 0.2) is 0 Å². The Hall–Kier alpha value is -2.79. The molecule has 176 valence electrons. The highest BCUT2D eigenvalue weighted by Crippen LogP contribution is 2.60. The van der Waals surface area contributed by atoms with Crippen molar-refractivity contribution in [3.05, 3.63) is 74.7 Å². The van der Waals surface area contributed by atoms with Crippen molar-refractivity contribution < 1.29 is 4.74 Å². The smallest absolute Gasteiger partial charge is 0.280 e. The zero-order valence-electron chi connectivity index (χ0n) is 19.7. The van der Waals surface area contributed by atoms with E-state index in [2.05, 4.69) is 34.4 Å². The highest BCUT2D eigenvalue weighted by atomic mass is 35.5. The lowest BCUT2D eigenvalue weighted by molar-refractivity contribution is -0.00518. The summed E-state index contributed by atoms with van der Waals surface area (Å²) in [5, 5.41) is 3.75. The van der Waals surface area contributed by atoms with Crippen LogP contribution in [0, 0.1) is 24.7 Å². The number of ether oxygens (including phenoxy) is 1. The van der Waals surface area contributed by atoms with E-state index in [9.17, 15) is 4.79 Å². The summed E-state index contributed by atoms with van der Waals surface area (Å²) >= 11 is 6.10. The summed E-state index contributed by atoms with van der Waals surface area (Å²) in [5.41, 5.74) is 4.57. The molecular weight excluding hydrogens is 446 g/mol. The maximum atomic E-state index is 13.2. The zero-order valence-corrected chi connectivity index (χ0v) is 20.4. The van der Waals surface area contributed by atoms with Gasteiger partial charge in [-0.05, 0) is 98.4 Å². The Labute approximate surface area is 204 Å². The van der Waals surface area contributed by atoms with Crippen molar-refractivity contribution in [1.29, 1.82) is 0 Å². The van der Waals surface area contributed by atoms with Gasteiger partial charge in [-0.25, -0.2) is 4.68 Å². The molecule has 1 aromatic heterocycles. The summed E-state index contributed by atoms with van der Waals surface area (Å²) in [6.45, 7) is 1.89. The van der Waals surface area contributed by atoms with Gasteiger partial charge in [0.2, 0.25) is 0 Å². The number of hydrogen-bond donors (Lipinski definition) is 1. The second-order valence-corrected chi connectivity index (χ2v) is 11.0. The number of aliphatic imine (C=N–C) groups is 1. The predicted octanol–water partition coefficient (Wildman–Crippen LogP) is 6.35. The first kappa shape index (κ1) is 21.7. The van der Waals surface area contributed by atoms with Crippen LogP contribution >= 0.6 is 11.6 Å². The van der Waals surface area contributed by atoms with Gasteiger partial charge in [-0.1, -0.05) is 23.7 Å². The van der Waals surface area contributed by atoms with Crippen molar-refractivity contribution in [2.24, 2.45) is 22.7 Å². The van der Waals surface area contributed by atoms with Gasteiger partial charge in [-0.3, -0.25) is 14.9 Å². The third-order valence-corrected chi connectivity index (χ3v) is 8.68. The number of halogens is 1. The maximum Gasteiger partial charge on any atom is 0.280 e. The van der Waals surface area contributed by atoms with E-state index in [4.69, 9.17) is 16.3 Å². The summed E-state index contributed by atoms with van der Waals surface area (Å²) in [5.74, 6) is 3.31. The van der Waals surface area contributed by atoms with E-state index >= 15 is 0 Å². The van der Waals surface area contributed by atoms with Gasteiger partial charge in [-0.2, -0.15) is 0 Å². The van der Waals surface area contributed by atoms with Gasteiger partial charge >= 0.3 is 0 Å². The fourth-order valence-corrected chi connectivity index (χ4v) is 7.38. The molecule has 0 aliphatic heterocycles. The van der Waals surface area contributed by atoms with Crippen LogP contribution in [0.15, 0.2) is 52.3 Å². The molecule has 4 bridgehead atoms. The second kappa shape index (κ2) is 8.16. The summed E-state index contributed by atoms with van der Waals surface area (Å²) in [6, 6.07) is 14.0. The van der Waals surface area contributed by atoms with E-state index in [-0.39, 0.29) is 5.56 Å². The molecule has 0 atom stereocenters. The Kier molecular flexibility index (Phi) is 5.21. The lowest BCUT2D eigenvalue weighted by atomic mass is 9.48. The Morgan fingerprint density at radius 2 is 1.71 bits per heavy atom. The molecule has 34 heavy (non-hydrogen) atoms. The Morgan fingerprint density at radius 1 is 1.06 bits per heavy atom. The Bertz CT molecular complexity index is 1280. The molecule has 4 saturated carbocycles. The lowest BCUT2D eigenvalue weighted by Gasteiger charge is -2.57. The summed E-state index contributed by atoms with van der Waals surface area (Å²) in [6.07, 6.45) is 9.98. The third kappa shape index (κ3) is 3.61. The molecule has 1 N–H and O–H groups in total. The molecule has 6 heteroatoms. The first-order valence-electron chi connectivity index (χ1n) is 12.2. The van der Waals surface area contributed by atoms with E-state index in [1.165, 1.54) is 44.1 Å². The molecule has 5 nitrogen and oxygen atoms in total. The van der Waals surface area contributed by atoms with E-state index in [0.29, 0.717) is 27.4 Å². The van der Waals surface area contributed by atoms with E-state index in [1.54, 1.807) is 36.2 Å². The second-order valence-electron chi connectivity index (χ2n) is 10.6. The molecule has 4 aliphatic rings. The minimum atomic E-state index is -0.107. The number of nitrogens with zero attached hydrogens (tertiary/aromatic N) is 2. The molecule has 4 fully saturated rings. The van der Waals surface area contributed by atoms with Crippen molar-refractivity contribution in [3.8, 4) is 11.4 Å². The van der Waals surface area contributed by atoms with Gasteiger partial charge in [-0.15, -0.1) is 0 Å². The molecule has 0 spiro atoms. The van der Waals surface area contributed by atoms with Crippen LogP contribution in [0.3, 0.4) is 0 Å². The van der Waals surface area contributed by atoms with Gasteiger partial charge in [0.25, 0.3) is 5.56 Å². The monoisotopic (exact) mass is 475 g/mol. The Morgan fingerprint density at radius 3 is 2.32 bits per heavy atom. The van der Waals surface area contributed by atoms with Crippen molar-refractivity contribution in [2.45, 2.75) is 50.9 Å². The summed E-state index contributed by atoms with van der Waals surface area (Å²) in [7, 11) is 1.57. The van der Waals surface area contributed by atoms with Gasteiger partial charge in [0, 0.05) is 18.0 Å². The quantitative estimate of drug-likeness (QED) is 0.437. The fraction of sp³-hybridized carbons (Fsp3) is 0.429. The predicted molar refractivity (Wildman–Crippen MR) is 136 cm³/mol. The SMILES string of the molecule is COc1cc(N=Cc2c(C)[nH]n(-c3ccc(C45CC6CC(CC(C6)C4)C5)cc3)c2=O)ccc1Cl. The maximum absolute atomic E-state index is 13.2. The average molecular weight is 476 g/mol. The highest BCUT2D eigenvalue weighted by molar-refractivity contribution is 6.32. The molecule has 4 aliphatic carbocycles. The van der Waals surface area contributed by atoms with Gasteiger partial charge < -0.3 is 4.74 Å². The van der Waals surface area contributed by atoms with Crippen LogP contribution in [0.5, 0.6) is 5.75 Å². The molecule has 0 radical (unpaired) electrons. The molecule has 2 aromatic carbocycles. The van der Waals surface area contributed by atoms with Crippen LogP contribution in [0.25, 0.3) is 5.69 Å². The minimum Gasteiger partial charge on any atom is -0.495 e. The number of rotatable bonds is 5. The lowest BCUT2D eigenvalue weighted by Crippen LogP contribution is -2.48. The van der Waals surface area contributed by atoms with Gasteiger partial charge in [0.1, 0.15) is 5.75 Å². The first-order valence-corrected chi connectivity index (χ1v) is 12.6. The number of hydrogen-bond acceptors (Lipinski definition) is 3. The normalized spacial score (nSPS) is 27.6.